The lowest BCUT2D eigenvalue weighted by atomic mass is 10.3. The molecule has 6 nitrogen and oxygen atoms in total. The molecule has 18 heavy (non-hydrogen) atoms. The van der Waals surface area contributed by atoms with Crippen LogP contribution in [0.2, 0.25) is 0 Å². The third kappa shape index (κ3) is 2.78. The number of aliphatic hydroxyl groups is 1. The number of aliphatic hydroxyl groups excluding tert-OH is 1. The van der Waals surface area contributed by atoms with Gasteiger partial charge in [0, 0.05) is 28.1 Å². The molecule has 0 saturated carbocycles. The molecule has 3 N–H and O–H groups in total. The second kappa shape index (κ2) is 5.19. The Hall–Kier alpha value is -1.22. The van der Waals surface area contributed by atoms with E-state index in [-0.39, 0.29) is 18.0 Å². The van der Waals surface area contributed by atoms with E-state index < -0.39 is 10.0 Å². The van der Waals surface area contributed by atoms with Crippen LogP contribution in [-0.2, 0) is 23.2 Å². The van der Waals surface area contributed by atoms with Crippen LogP contribution in [0.4, 0.5) is 0 Å². The quantitative estimate of drug-likeness (QED) is 0.756. The third-order valence-corrected chi connectivity index (χ3v) is 4.93. The summed E-state index contributed by atoms with van der Waals surface area (Å²) in [5, 5.41) is 17.0. The number of aromatic nitrogens is 2. The average molecular weight is 287 g/mol. The molecule has 0 fully saturated rings. The Morgan fingerprint density at radius 3 is 2.89 bits per heavy atom. The van der Waals surface area contributed by atoms with Crippen LogP contribution in [0.5, 0.6) is 0 Å². The average Bonchev–Trinajstić information content (AvgIpc) is 2.95. The van der Waals surface area contributed by atoms with Gasteiger partial charge in [-0.25, -0.2) is 13.1 Å². The van der Waals surface area contributed by atoms with Crippen molar-refractivity contribution in [1.29, 1.82) is 0 Å². The van der Waals surface area contributed by atoms with E-state index in [1.165, 1.54) is 22.8 Å². The van der Waals surface area contributed by atoms with E-state index in [2.05, 4.69) is 14.9 Å². The van der Waals surface area contributed by atoms with Crippen LogP contribution in [0, 0.1) is 6.92 Å². The minimum absolute atomic E-state index is 0.152. The van der Waals surface area contributed by atoms with Crippen molar-refractivity contribution in [1.82, 2.24) is 14.9 Å². The van der Waals surface area contributed by atoms with E-state index in [0.717, 1.165) is 11.3 Å². The van der Waals surface area contributed by atoms with E-state index in [1.54, 1.807) is 6.20 Å². The normalized spacial score (nSPS) is 11.9. The van der Waals surface area contributed by atoms with E-state index in [4.69, 9.17) is 5.11 Å². The van der Waals surface area contributed by atoms with Crippen LogP contribution < -0.4 is 4.72 Å². The Labute approximate surface area is 109 Å². The highest BCUT2D eigenvalue weighted by Crippen LogP contribution is 2.19. The van der Waals surface area contributed by atoms with Gasteiger partial charge in [0.25, 0.3) is 0 Å². The number of rotatable bonds is 5. The fourth-order valence-corrected chi connectivity index (χ4v) is 3.53. The first-order valence-electron chi connectivity index (χ1n) is 5.19. The van der Waals surface area contributed by atoms with Crippen molar-refractivity contribution >= 4 is 21.4 Å². The Balaban J connectivity index is 2.10. The van der Waals surface area contributed by atoms with Gasteiger partial charge in [-0.3, -0.25) is 5.10 Å². The third-order valence-electron chi connectivity index (χ3n) is 2.48. The van der Waals surface area contributed by atoms with E-state index in [0.29, 0.717) is 4.88 Å². The number of aromatic amines is 1. The maximum absolute atomic E-state index is 12.0. The fourth-order valence-electron chi connectivity index (χ4n) is 1.39. The minimum atomic E-state index is -3.53. The van der Waals surface area contributed by atoms with Crippen LogP contribution in [-0.4, -0.2) is 23.7 Å². The molecule has 2 rings (SSSR count). The molecule has 0 aromatic carbocycles. The fraction of sp³-hybridized carbons (Fsp3) is 0.300. The first-order valence-corrected chi connectivity index (χ1v) is 7.56. The van der Waals surface area contributed by atoms with Gasteiger partial charge in [-0.15, -0.1) is 11.3 Å². The summed E-state index contributed by atoms with van der Waals surface area (Å²) < 4.78 is 26.4. The van der Waals surface area contributed by atoms with Gasteiger partial charge in [0.05, 0.1) is 17.7 Å². The van der Waals surface area contributed by atoms with Crippen molar-refractivity contribution in [2.75, 3.05) is 0 Å². The second-order valence-electron chi connectivity index (χ2n) is 3.75. The summed E-state index contributed by atoms with van der Waals surface area (Å²) in [7, 11) is -3.53. The van der Waals surface area contributed by atoms with Gasteiger partial charge in [-0.2, -0.15) is 5.10 Å². The molecule has 0 aliphatic carbocycles. The van der Waals surface area contributed by atoms with Gasteiger partial charge in [0.2, 0.25) is 10.0 Å². The highest BCUT2D eigenvalue weighted by Gasteiger charge is 2.16. The van der Waals surface area contributed by atoms with Gasteiger partial charge >= 0.3 is 0 Å². The number of thiophene rings is 1. The number of sulfonamides is 1. The van der Waals surface area contributed by atoms with E-state index >= 15 is 0 Å². The molecule has 0 atom stereocenters. The summed E-state index contributed by atoms with van der Waals surface area (Å²) in [5.41, 5.74) is 1.63. The summed E-state index contributed by atoms with van der Waals surface area (Å²) in [6.07, 6.45) is 1.59. The van der Waals surface area contributed by atoms with Gasteiger partial charge in [0.15, 0.2) is 0 Å². The van der Waals surface area contributed by atoms with Crippen LogP contribution >= 0.6 is 11.3 Å². The standard InChI is InChI=1S/C10H13N3O3S2/c1-7-8(3-11-13-7)4-12-18(15,16)10-2-9(5-14)17-6-10/h2-3,6,12,14H,4-5H2,1H3,(H,11,13). The van der Waals surface area contributed by atoms with Crippen molar-refractivity contribution in [3.63, 3.8) is 0 Å². The minimum Gasteiger partial charge on any atom is -0.391 e. The lowest BCUT2D eigenvalue weighted by Crippen LogP contribution is -2.22. The van der Waals surface area contributed by atoms with E-state index in [9.17, 15) is 8.42 Å². The number of aryl methyl sites for hydroxylation is 1. The van der Waals surface area contributed by atoms with Crippen molar-refractivity contribution in [3.8, 4) is 0 Å². The molecule has 8 heteroatoms. The van der Waals surface area contributed by atoms with Gasteiger partial charge in [-0.1, -0.05) is 0 Å². The zero-order valence-electron chi connectivity index (χ0n) is 9.67. The predicted molar refractivity (Wildman–Crippen MR) is 67.6 cm³/mol. The van der Waals surface area contributed by atoms with Crippen molar-refractivity contribution in [2.24, 2.45) is 0 Å². The Kier molecular flexibility index (Phi) is 3.81. The highest BCUT2D eigenvalue weighted by atomic mass is 32.2. The van der Waals surface area contributed by atoms with Gasteiger partial charge in [-0.05, 0) is 13.0 Å². The molecule has 98 valence electrons. The first-order chi connectivity index (χ1) is 8.53. The monoisotopic (exact) mass is 287 g/mol. The summed E-state index contributed by atoms with van der Waals surface area (Å²) in [4.78, 5) is 0.799. The second-order valence-corrected chi connectivity index (χ2v) is 6.51. The van der Waals surface area contributed by atoms with Crippen molar-refractivity contribution in [2.45, 2.75) is 25.0 Å². The van der Waals surface area contributed by atoms with Crippen LogP contribution in [0.25, 0.3) is 0 Å². The lowest BCUT2D eigenvalue weighted by molar-refractivity contribution is 0.285. The van der Waals surface area contributed by atoms with Gasteiger partial charge in [0.1, 0.15) is 0 Å². The molecule has 2 aromatic rings. The summed E-state index contributed by atoms with van der Waals surface area (Å²) in [6, 6.07) is 1.47. The summed E-state index contributed by atoms with van der Waals surface area (Å²) >= 11 is 1.22. The number of H-pyrrole nitrogens is 1. The first kappa shape index (κ1) is 13.2. The Bertz CT molecular complexity index is 630. The molecule has 2 heterocycles. The zero-order valence-corrected chi connectivity index (χ0v) is 11.3. The summed E-state index contributed by atoms with van der Waals surface area (Å²) in [6.45, 7) is 1.86. The number of hydrogen-bond acceptors (Lipinski definition) is 5. The maximum atomic E-state index is 12.0. The van der Waals surface area contributed by atoms with E-state index in [1.807, 2.05) is 6.92 Å². The molecular formula is C10H13N3O3S2. The molecule has 0 bridgehead atoms. The van der Waals surface area contributed by atoms with Crippen LogP contribution in [0.1, 0.15) is 16.1 Å². The molecule has 0 aliphatic heterocycles. The van der Waals surface area contributed by atoms with Gasteiger partial charge < -0.3 is 5.11 Å². The molecular weight excluding hydrogens is 274 g/mol. The number of hydrogen-bond donors (Lipinski definition) is 3. The van der Waals surface area contributed by atoms with Crippen LogP contribution in [0.15, 0.2) is 22.5 Å². The molecule has 0 radical (unpaired) electrons. The molecule has 0 aliphatic rings. The predicted octanol–water partition coefficient (Wildman–Crippen LogP) is 0.750. The molecule has 0 unspecified atom stereocenters. The van der Waals surface area contributed by atoms with Crippen LogP contribution in [0.3, 0.4) is 0 Å². The SMILES string of the molecule is Cc1[nH]ncc1CNS(=O)(=O)c1csc(CO)c1. The Morgan fingerprint density at radius 2 is 2.33 bits per heavy atom. The molecule has 0 amide bonds. The number of nitrogens with one attached hydrogen (secondary N) is 2. The number of nitrogens with zero attached hydrogens (tertiary/aromatic N) is 1. The topological polar surface area (TPSA) is 95.1 Å². The lowest BCUT2D eigenvalue weighted by Gasteiger charge is -2.03. The molecule has 2 aromatic heterocycles. The highest BCUT2D eigenvalue weighted by molar-refractivity contribution is 7.89. The van der Waals surface area contributed by atoms with Crippen molar-refractivity contribution in [3.05, 3.63) is 33.8 Å². The Morgan fingerprint density at radius 1 is 1.56 bits per heavy atom. The smallest absolute Gasteiger partial charge is 0.241 e. The summed E-state index contributed by atoms with van der Waals surface area (Å²) in [5.74, 6) is 0. The zero-order chi connectivity index (χ0) is 13.2. The largest absolute Gasteiger partial charge is 0.391 e. The molecule has 0 saturated heterocycles. The maximum Gasteiger partial charge on any atom is 0.241 e. The molecule has 0 spiro atoms. The van der Waals surface area contributed by atoms with Crippen molar-refractivity contribution < 1.29 is 13.5 Å².